The van der Waals surface area contributed by atoms with E-state index >= 15 is 0 Å². The lowest BCUT2D eigenvalue weighted by Gasteiger charge is -2.29. The van der Waals surface area contributed by atoms with Gasteiger partial charge in [0, 0.05) is 57.0 Å². The second-order valence-corrected chi connectivity index (χ2v) is 8.70. The minimum Gasteiger partial charge on any atom is -0.497 e. The van der Waals surface area contributed by atoms with E-state index in [1.54, 1.807) is 31.6 Å². The second-order valence-electron chi connectivity index (χ2n) is 8.70. The molecule has 11 heteroatoms. The van der Waals surface area contributed by atoms with E-state index in [1.165, 1.54) is 4.90 Å². The second kappa shape index (κ2) is 12.8. The molecule has 37 heavy (non-hydrogen) atoms. The summed E-state index contributed by atoms with van der Waals surface area (Å²) < 4.78 is 16.5. The zero-order valence-corrected chi connectivity index (χ0v) is 20.7. The van der Waals surface area contributed by atoms with Crippen LogP contribution in [0.1, 0.15) is 17.4 Å². The molecule has 11 nitrogen and oxygen atoms in total. The molecule has 0 unspecified atom stereocenters. The molecule has 4 amide bonds. The summed E-state index contributed by atoms with van der Waals surface area (Å²) in [6.07, 6.45) is 4.52. The molecule has 4 rings (SSSR count). The lowest BCUT2D eigenvalue weighted by atomic mass is 10.1. The summed E-state index contributed by atoms with van der Waals surface area (Å²) in [5, 5.41) is 3.65. The molecule has 0 aliphatic carbocycles. The van der Waals surface area contributed by atoms with Crippen molar-refractivity contribution in [2.24, 2.45) is 0 Å². The average molecular weight is 510 g/mol. The van der Waals surface area contributed by atoms with Crippen molar-refractivity contribution in [1.29, 1.82) is 0 Å². The van der Waals surface area contributed by atoms with Crippen LogP contribution in [0.2, 0.25) is 0 Å². The third-order valence-corrected chi connectivity index (χ3v) is 6.24. The SMILES string of the molecule is COc1ccc(CN(C=O)C[C@H](NC(=O)N(C=O)CCN2CCOCC2)c2cc3cnccc3o2)cc1. The van der Waals surface area contributed by atoms with Gasteiger partial charge in [0.15, 0.2) is 0 Å². The van der Waals surface area contributed by atoms with E-state index in [-0.39, 0.29) is 13.1 Å². The standard InChI is InChI=1S/C26H31N5O6/c1-35-22-4-2-20(3-5-22)16-30(18-32)17-23(25-14-21-15-27-7-6-24(21)37-25)28-26(34)31(19-33)9-8-29-10-12-36-13-11-29/h2-7,14-15,18-19,23H,8-13,16-17H2,1H3,(H,28,34)/t23-/m0/s1. The first kappa shape index (κ1) is 26.1. The number of methoxy groups -OCH3 is 1. The van der Waals surface area contributed by atoms with E-state index in [2.05, 4.69) is 15.2 Å². The number of rotatable bonds is 12. The van der Waals surface area contributed by atoms with Gasteiger partial charge in [0.05, 0.1) is 20.3 Å². The number of fused-ring (bicyclic) bond motifs is 1. The topological polar surface area (TPSA) is 117 Å². The number of ether oxygens (including phenoxy) is 2. The summed E-state index contributed by atoms with van der Waals surface area (Å²) in [5.41, 5.74) is 1.50. The zero-order valence-electron chi connectivity index (χ0n) is 20.7. The van der Waals surface area contributed by atoms with Gasteiger partial charge in [0.25, 0.3) is 0 Å². The number of hydrogen-bond acceptors (Lipinski definition) is 8. The van der Waals surface area contributed by atoms with Crippen LogP contribution in [0.4, 0.5) is 4.79 Å². The van der Waals surface area contributed by atoms with Crippen LogP contribution in [0.15, 0.2) is 53.2 Å². The maximum atomic E-state index is 13.1. The molecule has 0 bridgehead atoms. The minimum atomic E-state index is -0.700. The maximum absolute atomic E-state index is 13.1. The van der Waals surface area contributed by atoms with E-state index in [9.17, 15) is 14.4 Å². The van der Waals surface area contributed by atoms with Crippen LogP contribution in [0.25, 0.3) is 11.0 Å². The lowest BCUT2D eigenvalue weighted by molar-refractivity contribution is -0.119. The van der Waals surface area contributed by atoms with Gasteiger partial charge >= 0.3 is 6.03 Å². The highest BCUT2D eigenvalue weighted by Crippen LogP contribution is 2.24. The predicted molar refractivity (Wildman–Crippen MR) is 135 cm³/mol. The number of hydrogen-bond donors (Lipinski definition) is 1. The molecule has 0 spiro atoms. The number of carbonyl (C=O) groups is 3. The molecular weight excluding hydrogens is 478 g/mol. The Bertz CT molecular complexity index is 1140. The van der Waals surface area contributed by atoms with Gasteiger partial charge in [-0.3, -0.25) is 24.4 Å². The molecule has 1 fully saturated rings. The Morgan fingerprint density at radius 2 is 1.97 bits per heavy atom. The van der Waals surface area contributed by atoms with Gasteiger partial charge in [-0.15, -0.1) is 0 Å². The Kier molecular flexibility index (Phi) is 9.06. The summed E-state index contributed by atoms with van der Waals surface area (Å²) in [6, 6.07) is 9.62. The van der Waals surface area contributed by atoms with Crippen molar-refractivity contribution >= 4 is 29.8 Å². The Morgan fingerprint density at radius 3 is 2.65 bits per heavy atom. The molecule has 1 aliphatic rings. The maximum Gasteiger partial charge on any atom is 0.324 e. The Hall–Kier alpha value is -3.96. The third-order valence-electron chi connectivity index (χ3n) is 6.24. The number of amides is 4. The van der Waals surface area contributed by atoms with Crippen molar-refractivity contribution in [1.82, 2.24) is 25.0 Å². The molecule has 196 valence electrons. The van der Waals surface area contributed by atoms with Crippen LogP contribution in [-0.2, 0) is 20.9 Å². The average Bonchev–Trinajstić information content (AvgIpc) is 3.38. The Morgan fingerprint density at radius 1 is 1.19 bits per heavy atom. The quantitative estimate of drug-likeness (QED) is 0.369. The van der Waals surface area contributed by atoms with Crippen molar-refractivity contribution in [2.75, 3.05) is 53.0 Å². The number of pyridine rings is 1. The fourth-order valence-electron chi connectivity index (χ4n) is 4.14. The monoisotopic (exact) mass is 509 g/mol. The number of aromatic nitrogens is 1. The van der Waals surface area contributed by atoms with Gasteiger partial charge in [-0.05, 0) is 29.8 Å². The van der Waals surface area contributed by atoms with Crippen molar-refractivity contribution in [3.05, 3.63) is 60.1 Å². The fourth-order valence-corrected chi connectivity index (χ4v) is 4.14. The Labute approximate surface area is 214 Å². The first-order valence-electron chi connectivity index (χ1n) is 12.1. The van der Waals surface area contributed by atoms with Crippen LogP contribution in [0.3, 0.4) is 0 Å². The van der Waals surface area contributed by atoms with Gasteiger partial charge in [0.2, 0.25) is 12.8 Å². The highest BCUT2D eigenvalue weighted by molar-refractivity contribution is 5.85. The number of benzene rings is 1. The number of morpholine rings is 1. The van der Waals surface area contributed by atoms with Gasteiger partial charge in [-0.1, -0.05) is 12.1 Å². The zero-order chi connectivity index (χ0) is 26.0. The molecule has 1 N–H and O–H groups in total. The van der Waals surface area contributed by atoms with Gasteiger partial charge < -0.3 is 24.1 Å². The number of furan rings is 1. The molecule has 0 saturated carbocycles. The number of nitrogens with one attached hydrogen (secondary N) is 1. The van der Waals surface area contributed by atoms with Gasteiger partial charge in [-0.25, -0.2) is 4.79 Å². The summed E-state index contributed by atoms with van der Waals surface area (Å²) in [4.78, 5) is 45.8. The van der Waals surface area contributed by atoms with Crippen molar-refractivity contribution in [3.63, 3.8) is 0 Å². The minimum absolute atomic E-state index is 0.130. The molecule has 1 aliphatic heterocycles. The molecule has 1 saturated heterocycles. The van der Waals surface area contributed by atoms with E-state index in [0.717, 1.165) is 35.3 Å². The highest BCUT2D eigenvalue weighted by atomic mass is 16.5. The van der Waals surface area contributed by atoms with Crippen molar-refractivity contribution < 1.29 is 28.3 Å². The third kappa shape index (κ3) is 7.05. The normalized spacial score (nSPS) is 14.6. The number of imide groups is 1. The summed E-state index contributed by atoms with van der Waals surface area (Å²) in [7, 11) is 1.59. The summed E-state index contributed by atoms with van der Waals surface area (Å²) in [6.45, 7) is 4.00. The van der Waals surface area contributed by atoms with Crippen molar-refractivity contribution in [3.8, 4) is 5.75 Å². The van der Waals surface area contributed by atoms with E-state index in [1.807, 2.05) is 24.3 Å². The predicted octanol–water partition coefficient (Wildman–Crippen LogP) is 2.04. The summed E-state index contributed by atoms with van der Waals surface area (Å²) >= 11 is 0. The van der Waals surface area contributed by atoms with Crippen molar-refractivity contribution in [2.45, 2.75) is 12.6 Å². The van der Waals surface area contributed by atoms with Gasteiger partial charge in [0.1, 0.15) is 23.1 Å². The first-order valence-corrected chi connectivity index (χ1v) is 12.1. The molecule has 3 heterocycles. The molecular formula is C26H31N5O6. The number of carbonyl (C=O) groups excluding carboxylic acids is 3. The molecule has 3 aromatic rings. The highest BCUT2D eigenvalue weighted by Gasteiger charge is 2.25. The van der Waals surface area contributed by atoms with Crippen LogP contribution in [0, 0.1) is 0 Å². The van der Waals surface area contributed by atoms with Crippen LogP contribution in [0.5, 0.6) is 5.75 Å². The van der Waals surface area contributed by atoms with E-state index in [4.69, 9.17) is 13.9 Å². The lowest BCUT2D eigenvalue weighted by Crippen LogP contribution is -2.47. The van der Waals surface area contributed by atoms with E-state index in [0.29, 0.717) is 49.8 Å². The fraction of sp³-hybridized carbons (Fsp3) is 0.385. The summed E-state index contributed by atoms with van der Waals surface area (Å²) in [5.74, 6) is 1.17. The first-order chi connectivity index (χ1) is 18.1. The number of urea groups is 1. The van der Waals surface area contributed by atoms with E-state index < -0.39 is 12.1 Å². The van der Waals surface area contributed by atoms with Crippen LogP contribution >= 0.6 is 0 Å². The molecule has 1 atom stereocenters. The largest absolute Gasteiger partial charge is 0.497 e. The van der Waals surface area contributed by atoms with Crippen LogP contribution < -0.4 is 10.1 Å². The number of nitrogens with zero attached hydrogens (tertiary/aromatic N) is 4. The van der Waals surface area contributed by atoms with Gasteiger partial charge in [-0.2, -0.15) is 0 Å². The Balaban J connectivity index is 1.49. The molecule has 1 aromatic carbocycles. The van der Waals surface area contributed by atoms with Crippen LogP contribution in [-0.4, -0.2) is 91.6 Å². The smallest absolute Gasteiger partial charge is 0.324 e. The molecule has 2 aromatic heterocycles. The molecule has 0 radical (unpaired) electrons.